The van der Waals surface area contributed by atoms with Crippen molar-refractivity contribution in [2.24, 2.45) is 5.92 Å². The van der Waals surface area contributed by atoms with Crippen LogP contribution < -0.4 is 14.7 Å². The number of aliphatic hydroxyl groups excluding tert-OH is 1. The highest BCUT2D eigenvalue weighted by molar-refractivity contribution is 6.71. The number of ether oxygens (including phenoxy) is 1. The highest BCUT2D eigenvalue weighted by atomic mass is 28.4. The first-order valence-corrected chi connectivity index (χ1v) is 23.6. The lowest BCUT2D eigenvalue weighted by molar-refractivity contribution is -0.150. The lowest BCUT2D eigenvalue weighted by Gasteiger charge is -2.33. The van der Waals surface area contributed by atoms with Crippen molar-refractivity contribution >= 4 is 60.4 Å². The topological polar surface area (TPSA) is 131 Å². The zero-order valence-electron chi connectivity index (χ0n) is 33.3. The minimum Gasteiger partial charge on any atom is -0.432 e. The summed E-state index contributed by atoms with van der Waals surface area (Å²) in [4.78, 5) is 75.4. The van der Waals surface area contributed by atoms with Gasteiger partial charge >= 0.3 is 0 Å². The Balaban J connectivity index is 1.14. The molecule has 2 N–H and O–H groups in total. The molecule has 4 amide bonds. The molecule has 0 bridgehead atoms. The fourth-order valence-corrected chi connectivity index (χ4v) is 13.2. The van der Waals surface area contributed by atoms with Crippen molar-refractivity contribution in [1.82, 2.24) is 4.90 Å². The first-order valence-electron chi connectivity index (χ1n) is 20.6. The molecule has 2 saturated heterocycles. The van der Waals surface area contributed by atoms with E-state index in [1.54, 1.807) is 19.6 Å². The molecule has 11 nitrogen and oxygen atoms in total. The van der Waals surface area contributed by atoms with E-state index in [4.69, 9.17) is 4.74 Å². The van der Waals surface area contributed by atoms with Gasteiger partial charge in [-0.05, 0) is 97.9 Å². The molecule has 0 aliphatic carbocycles. The van der Waals surface area contributed by atoms with E-state index in [0.29, 0.717) is 54.9 Å². The average Bonchev–Trinajstić information content (AvgIpc) is 3.88. The third kappa shape index (κ3) is 6.19. The molecule has 0 radical (unpaired) electrons. The van der Waals surface area contributed by atoms with Gasteiger partial charge in [0.15, 0.2) is 13.9 Å². The molecule has 4 aromatic carbocycles. The zero-order valence-corrected chi connectivity index (χ0v) is 34.3. The summed E-state index contributed by atoms with van der Waals surface area (Å²) in [5.74, 6) is -1.03. The maximum Gasteiger partial charge on any atom is 0.264 e. The number of carbonyl (C=O) groups excluding carboxylic acids is 4. The predicted molar refractivity (Wildman–Crippen MR) is 223 cm³/mol. The Hall–Kier alpha value is -5.14. The number of likely N-dealkylation sites (tertiary alicyclic amines) is 1. The Kier molecular flexibility index (Phi) is 9.66. The van der Waals surface area contributed by atoms with Crippen LogP contribution in [0.1, 0.15) is 61.3 Å². The number of benzene rings is 4. The third-order valence-corrected chi connectivity index (χ3v) is 15.7. The van der Waals surface area contributed by atoms with Gasteiger partial charge in [-0.2, -0.15) is 0 Å². The van der Waals surface area contributed by atoms with Gasteiger partial charge in [0, 0.05) is 47.8 Å². The first-order chi connectivity index (χ1) is 27.9. The van der Waals surface area contributed by atoms with E-state index in [1.165, 1.54) is 0 Å². The molecule has 300 valence electrons. The third-order valence-electron chi connectivity index (χ3n) is 13.2. The van der Waals surface area contributed by atoms with Crippen molar-refractivity contribution in [2.75, 3.05) is 27.9 Å². The fraction of sp³-hybridized carbons (Fsp3) is 0.391. The van der Waals surface area contributed by atoms with Crippen LogP contribution in [0.2, 0.25) is 18.6 Å². The molecular formula is C46H50N4O7Si. The molecule has 1 spiro atoms. The number of para-hydroxylation sites is 2. The Labute approximate surface area is 339 Å². The van der Waals surface area contributed by atoms with E-state index < -0.39 is 31.5 Å². The molecule has 0 unspecified atom stereocenters. The summed E-state index contributed by atoms with van der Waals surface area (Å²) < 4.78 is 7.09. The molecule has 4 aromatic rings. The number of aryl methyl sites for hydroxylation is 2. The fourth-order valence-electron chi connectivity index (χ4n) is 10.6. The van der Waals surface area contributed by atoms with Crippen LogP contribution in [-0.2, 0) is 48.9 Å². The summed E-state index contributed by atoms with van der Waals surface area (Å²) in [6.45, 7) is 6.22. The highest BCUT2D eigenvalue weighted by Crippen LogP contribution is 2.60. The van der Waals surface area contributed by atoms with Crippen molar-refractivity contribution in [2.45, 2.75) is 94.8 Å². The molecule has 9 rings (SSSR count). The molecule has 5 aliphatic rings. The first kappa shape index (κ1) is 38.4. The molecule has 0 saturated carbocycles. The van der Waals surface area contributed by atoms with Gasteiger partial charge in [0.05, 0.1) is 48.8 Å². The van der Waals surface area contributed by atoms with Crippen molar-refractivity contribution in [1.29, 1.82) is 0 Å². The monoisotopic (exact) mass is 798 g/mol. The van der Waals surface area contributed by atoms with E-state index in [1.807, 2.05) is 111 Å². The summed E-state index contributed by atoms with van der Waals surface area (Å²) >= 11 is 0. The van der Waals surface area contributed by atoms with Gasteiger partial charge < -0.3 is 24.4 Å². The quantitative estimate of drug-likeness (QED) is 0.192. The highest BCUT2D eigenvalue weighted by Gasteiger charge is 2.66. The van der Waals surface area contributed by atoms with E-state index >= 15 is 4.79 Å². The average molecular weight is 799 g/mol. The summed E-state index contributed by atoms with van der Waals surface area (Å²) in [6.07, 6.45) is 2.80. The maximum atomic E-state index is 15.5. The van der Waals surface area contributed by atoms with E-state index in [0.717, 1.165) is 40.9 Å². The molecule has 12 heteroatoms. The predicted octanol–water partition coefficient (Wildman–Crippen LogP) is 6.63. The Morgan fingerprint density at radius 2 is 1.45 bits per heavy atom. The molecular weight excluding hydrogens is 749 g/mol. The normalized spacial score (nSPS) is 25.4. The summed E-state index contributed by atoms with van der Waals surface area (Å²) in [7, 11) is -3.11. The van der Waals surface area contributed by atoms with Crippen molar-refractivity contribution < 1.29 is 33.8 Å². The minimum absolute atomic E-state index is 0.00796. The number of hydrogen-bond acceptors (Lipinski definition) is 7. The van der Waals surface area contributed by atoms with E-state index in [2.05, 4.69) is 0 Å². The van der Waals surface area contributed by atoms with Crippen molar-refractivity contribution in [3.8, 4) is 0 Å². The second-order valence-electron chi connectivity index (χ2n) is 17.1. The number of anilines is 5. The lowest BCUT2D eigenvalue weighted by atomic mass is 9.82. The van der Waals surface area contributed by atoms with Crippen LogP contribution in [0.25, 0.3) is 0 Å². The van der Waals surface area contributed by atoms with Gasteiger partial charge in [-0.25, -0.2) is 0 Å². The Morgan fingerprint density at radius 3 is 2.09 bits per heavy atom. The summed E-state index contributed by atoms with van der Waals surface area (Å²) in [5, 5.41) is 10.0. The van der Waals surface area contributed by atoms with Gasteiger partial charge in [-0.3, -0.25) is 29.0 Å². The van der Waals surface area contributed by atoms with Gasteiger partial charge in [0.2, 0.25) is 17.7 Å². The van der Waals surface area contributed by atoms with Crippen LogP contribution in [0, 0.1) is 5.92 Å². The minimum atomic E-state index is -3.11. The van der Waals surface area contributed by atoms with Crippen LogP contribution in [0.5, 0.6) is 0 Å². The number of hydrogen-bond donors (Lipinski definition) is 2. The number of rotatable bonds is 8. The Bertz CT molecular complexity index is 2330. The number of fused-ring (bicyclic) bond motifs is 4. The number of aliphatic hydroxyl groups is 1. The molecule has 58 heavy (non-hydrogen) atoms. The number of carbonyl (C=O) groups is 4. The standard InChI is InChI=1S/C46H50N4O7Si/c1-29-44(58(2,3)56)40(26-43(54)47-23-9-14-35(47)28-51)57-46(29)36-25-34(50-38-16-7-5-12-32(38)18-22-42(50)53)19-20-39(36)48(45(46)55)27-30-10-8-13-33(24-30)49-37-15-6-4-11-31(37)17-21-41(49)52/h4-8,10-13,15-16,19-20,24-25,29,35,40,44,51,56H,9,14,17-18,21-23,26-28H2,1-3H3/t29-,35+,40+,44-,46+/m1/s1. The molecule has 5 heterocycles. The molecule has 5 atom stereocenters. The molecule has 2 fully saturated rings. The van der Waals surface area contributed by atoms with Crippen LogP contribution in [0.3, 0.4) is 0 Å². The van der Waals surface area contributed by atoms with Gasteiger partial charge in [-0.15, -0.1) is 0 Å². The number of nitrogens with zero attached hydrogens (tertiary/aromatic N) is 4. The second-order valence-corrected chi connectivity index (χ2v) is 21.1. The molecule has 5 aliphatic heterocycles. The van der Waals surface area contributed by atoms with Crippen LogP contribution in [-0.4, -0.2) is 72.0 Å². The second kappa shape index (κ2) is 14.6. The largest absolute Gasteiger partial charge is 0.432 e. The number of amides is 4. The van der Waals surface area contributed by atoms with Crippen LogP contribution >= 0.6 is 0 Å². The summed E-state index contributed by atoms with van der Waals surface area (Å²) in [5.41, 5.74) is 5.14. The van der Waals surface area contributed by atoms with Gasteiger partial charge in [0.1, 0.15) is 0 Å². The summed E-state index contributed by atoms with van der Waals surface area (Å²) in [6, 6.07) is 28.9. The van der Waals surface area contributed by atoms with Gasteiger partial charge in [0.25, 0.3) is 5.91 Å². The SMILES string of the molecule is C[C@@H]1[C@@H]([Si](C)(C)O)[C@H](CC(=O)N2CCC[C@H]2CO)O[C@@]12C(=O)N(Cc1cccc(N3C(=O)CCc4ccccc43)c1)c1ccc(N3C(=O)CCc4ccccc43)cc12. The Morgan fingerprint density at radius 1 is 0.810 bits per heavy atom. The van der Waals surface area contributed by atoms with Crippen molar-refractivity contribution in [3.05, 3.63) is 113 Å². The zero-order chi connectivity index (χ0) is 40.5. The van der Waals surface area contributed by atoms with E-state index in [9.17, 15) is 24.3 Å². The lowest BCUT2D eigenvalue weighted by Crippen LogP contribution is -2.46. The maximum absolute atomic E-state index is 15.5. The van der Waals surface area contributed by atoms with Gasteiger partial charge in [-0.1, -0.05) is 55.5 Å². The van der Waals surface area contributed by atoms with Crippen LogP contribution in [0.15, 0.2) is 91.0 Å². The van der Waals surface area contributed by atoms with Crippen LogP contribution in [0.4, 0.5) is 28.4 Å². The molecule has 0 aromatic heterocycles. The van der Waals surface area contributed by atoms with E-state index in [-0.39, 0.29) is 49.2 Å². The van der Waals surface area contributed by atoms with Crippen molar-refractivity contribution in [3.63, 3.8) is 0 Å². The smallest absolute Gasteiger partial charge is 0.264 e.